The zero-order chi connectivity index (χ0) is 15.5. The van der Waals surface area contributed by atoms with Gasteiger partial charge in [-0.15, -0.1) is 0 Å². The third-order valence-electron chi connectivity index (χ3n) is 3.83. The first-order chi connectivity index (χ1) is 10.7. The molecule has 0 fully saturated rings. The lowest BCUT2D eigenvalue weighted by Crippen LogP contribution is -2.40. The van der Waals surface area contributed by atoms with Crippen molar-refractivity contribution >= 4 is 16.6 Å². The number of rotatable bonds is 4. The molecule has 0 N–H and O–H groups in total. The summed E-state index contributed by atoms with van der Waals surface area (Å²) in [6.07, 6.45) is 2.03. The summed E-state index contributed by atoms with van der Waals surface area (Å²) in [4.78, 5) is 12.4. The van der Waals surface area contributed by atoms with Crippen molar-refractivity contribution in [3.63, 3.8) is 0 Å². The molecule has 0 aliphatic rings. The molecule has 0 radical (unpaired) electrons. The molecule has 2 aromatic carbocycles. The Kier molecular flexibility index (Phi) is 3.88. The van der Waals surface area contributed by atoms with E-state index in [0.717, 1.165) is 16.8 Å². The number of aromatic nitrogens is 1. The average Bonchev–Trinajstić information content (AvgIpc) is 2.55. The second kappa shape index (κ2) is 5.98. The molecule has 0 bridgehead atoms. The molecule has 0 unspecified atom stereocenters. The molecule has 0 saturated carbocycles. The van der Waals surface area contributed by atoms with Crippen LogP contribution in [0.3, 0.4) is 0 Å². The molecule has 0 spiro atoms. The van der Waals surface area contributed by atoms with Gasteiger partial charge in [0, 0.05) is 23.9 Å². The summed E-state index contributed by atoms with van der Waals surface area (Å²) in [5.41, 5.74) is 1.77. The Bertz CT molecular complexity index is 822. The summed E-state index contributed by atoms with van der Waals surface area (Å²) in [6, 6.07) is 17.5. The SMILES string of the molecule is COc1ccc(C(=O)C[n+]2cc3ccccc3cc2C)cc1. The average molecular weight is 292 g/mol. The van der Waals surface area contributed by atoms with E-state index in [0.29, 0.717) is 12.1 Å². The number of carbonyl (C=O) groups excluding carboxylic acids is 1. The zero-order valence-corrected chi connectivity index (χ0v) is 12.7. The summed E-state index contributed by atoms with van der Waals surface area (Å²) in [7, 11) is 1.62. The lowest BCUT2D eigenvalue weighted by molar-refractivity contribution is -0.687. The minimum Gasteiger partial charge on any atom is -0.497 e. The van der Waals surface area contributed by atoms with Crippen LogP contribution in [0.25, 0.3) is 10.8 Å². The third-order valence-corrected chi connectivity index (χ3v) is 3.83. The number of hydrogen-bond donors (Lipinski definition) is 0. The highest BCUT2D eigenvalue weighted by atomic mass is 16.5. The molecule has 0 amide bonds. The highest BCUT2D eigenvalue weighted by molar-refractivity contribution is 5.95. The Morgan fingerprint density at radius 1 is 1.05 bits per heavy atom. The first kappa shape index (κ1) is 14.3. The van der Waals surface area contributed by atoms with Gasteiger partial charge in [-0.1, -0.05) is 18.2 Å². The first-order valence-corrected chi connectivity index (χ1v) is 7.23. The van der Waals surface area contributed by atoms with Gasteiger partial charge in [-0.3, -0.25) is 4.79 Å². The molecule has 0 aliphatic carbocycles. The molecule has 0 atom stereocenters. The fourth-order valence-electron chi connectivity index (χ4n) is 2.53. The molecule has 1 aromatic heterocycles. The second-order valence-electron chi connectivity index (χ2n) is 5.32. The lowest BCUT2D eigenvalue weighted by Gasteiger charge is -2.04. The summed E-state index contributed by atoms with van der Waals surface area (Å²) >= 11 is 0. The molecule has 0 saturated heterocycles. The molecular weight excluding hydrogens is 274 g/mol. The van der Waals surface area contributed by atoms with Crippen molar-refractivity contribution in [3.8, 4) is 5.75 Å². The van der Waals surface area contributed by atoms with Crippen LogP contribution < -0.4 is 9.30 Å². The third kappa shape index (κ3) is 2.84. The topological polar surface area (TPSA) is 30.2 Å². The first-order valence-electron chi connectivity index (χ1n) is 7.23. The minimum absolute atomic E-state index is 0.0889. The number of Topliss-reactive ketones (excluding diaryl/α,β-unsaturated/α-hetero) is 1. The van der Waals surface area contributed by atoms with E-state index < -0.39 is 0 Å². The molecular formula is C19H18NO2+. The smallest absolute Gasteiger partial charge is 0.227 e. The molecule has 3 heteroatoms. The Morgan fingerprint density at radius 2 is 1.73 bits per heavy atom. The maximum Gasteiger partial charge on any atom is 0.227 e. The zero-order valence-electron chi connectivity index (χ0n) is 12.7. The standard InChI is InChI=1S/C19H18NO2/c1-14-11-16-5-3-4-6-17(16)12-20(14)13-19(21)15-7-9-18(22-2)10-8-15/h3-12H,13H2,1-2H3/q+1. The maximum atomic E-state index is 12.4. The minimum atomic E-state index is 0.0889. The van der Waals surface area contributed by atoms with Gasteiger partial charge >= 0.3 is 0 Å². The number of hydrogen-bond acceptors (Lipinski definition) is 2. The molecule has 1 heterocycles. The number of ether oxygens (including phenoxy) is 1. The summed E-state index contributed by atoms with van der Waals surface area (Å²) in [5, 5.41) is 2.32. The molecule has 0 aliphatic heterocycles. The van der Waals surface area contributed by atoms with Crippen molar-refractivity contribution in [3.05, 3.63) is 72.1 Å². The van der Waals surface area contributed by atoms with Crippen LogP contribution in [0.15, 0.2) is 60.8 Å². The van der Waals surface area contributed by atoms with Gasteiger partial charge in [-0.2, -0.15) is 4.57 Å². The van der Waals surface area contributed by atoms with Gasteiger partial charge in [0.1, 0.15) is 5.75 Å². The van der Waals surface area contributed by atoms with Crippen LogP contribution in [0.2, 0.25) is 0 Å². The largest absolute Gasteiger partial charge is 0.497 e. The summed E-state index contributed by atoms with van der Waals surface area (Å²) in [5.74, 6) is 0.845. The number of methoxy groups -OCH3 is 1. The van der Waals surface area contributed by atoms with Gasteiger partial charge in [0.15, 0.2) is 11.9 Å². The highest BCUT2D eigenvalue weighted by Gasteiger charge is 2.15. The van der Waals surface area contributed by atoms with Gasteiger partial charge in [0.25, 0.3) is 0 Å². The molecule has 22 heavy (non-hydrogen) atoms. The van der Waals surface area contributed by atoms with Crippen LogP contribution in [-0.4, -0.2) is 12.9 Å². The Balaban J connectivity index is 1.88. The maximum absolute atomic E-state index is 12.4. The molecule has 3 nitrogen and oxygen atoms in total. The van der Waals surface area contributed by atoms with E-state index in [4.69, 9.17) is 4.74 Å². The van der Waals surface area contributed by atoms with Crippen LogP contribution in [0.5, 0.6) is 5.75 Å². The van der Waals surface area contributed by atoms with Gasteiger partial charge in [0.2, 0.25) is 12.3 Å². The van der Waals surface area contributed by atoms with Crippen molar-refractivity contribution in [2.45, 2.75) is 13.5 Å². The van der Waals surface area contributed by atoms with E-state index in [-0.39, 0.29) is 5.78 Å². The number of benzene rings is 2. The van der Waals surface area contributed by atoms with Crippen LogP contribution in [0.4, 0.5) is 0 Å². The van der Waals surface area contributed by atoms with Crippen LogP contribution in [0.1, 0.15) is 16.1 Å². The van der Waals surface area contributed by atoms with E-state index in [1.807, 2.05) is 42.0 Å². The van der Waals surface area contributed by atoms with Gasteiger partial charge < -0.3 is 4.74 Å². The van der Waals surface area contributed by atoms with E-state index in [9.17, 15) is 4.79 Å². The molecule has 3 aromatic rings. The summed E-state index contributed by atoms with van der Waals surface area (Å²) in [6.45, 7) is 2.36. The number of nitrogens with zero attached hydrogens (tertiary/aromatic N) is 1. The fraction of sp³-hybridized carbons (Fsp3) is 0.158. The Morgan fingerprint density at radius 3 is 2.41 bits per heavy atom. The monoisotopic (exact) mass is 292 g/mol. The molecule has 110 valence electrons. The Hall–Kier alpha value is -2.68. The van der Waals surface area contributed by atoms with Gasteiger partial charge in [-0.25, -0.2) is 0 Å². The second-order valence-corrected chi connectivity index (χ2v) is 5.32. The quantitative estimate of drug-likeness (QED) is 0.545. The predicted octanol–water partition coefficient (Wildman–Crippen LogP) is 3.33. The highest BCUT2D eigenvalue weighted by Crippen LogP contribution is 2.14. The fourth-order valence-corrected chi connectivity index (χ4v) is 2.53. The van der Waals surface area contributed by atoms with Gasteiger partial charge in [-0.05, 0) is 35.7 Å². The van der Waals surface area contributed by atoms with E-state index in [2.05, 4.69) is 18.2 Å². The van der Waals surface area contributed by atoms with Crippen LogP contribution in [-0.2, 0) is 6.54 Å². The van der Waals surface area contributed by atoms with Crippen molar-refractivity contribution in [1.29, 1.82) is 0 Å². The van der Waals surface area contributed by atoms with Crippen molar-refractivity contribution in [2.75, 3.05) is 7.11 Å². The number of fused-ring (bicyclic) bond motifs is 1. The van der Waals surface area contributed by atoms with Crippen molar-refractivity contribution in [1.82, 2.24) is 0 Å². The number of aryl methyl sites for hydroxylation is 1. The number of pyridine rings is 1. The van der Waals surface area contributed by atoms with Gasteiger partial charge in [0.05, 0.1) is 7.11 Å². The number of carbonyl (C=O) groups is 1. The van der Waals surface area contributed by atoms with Crippen molar-refractivity contribution < 1.29 is 14.1 Å². The van der Waals surface area contributed by atoms with E-state index >= 15 is 0 Å². The van der Waals surface area contributed by atoms with Crippen molar-refractivity contribution in [2.24, 2.45) is 0 Å². The predicted molar refractivity (Wildman–Crippen MR) is 86.2 cm³/mol. The normalized spacial score (nSPS) is 10.6. The van der Waals surface area contributed by atoms with Crippen LogP contribution in [0, 0.1) is 6.92 Å². The summed E-state index contributed by atoms with van der Waals surface area (Å²) < 4.78 is 7.11. The van der Waals surface area contributed by atoms with E-state index in [1.54, 1.807) is 19.2 Å². The van der Waals surface area contributed by atoms with Crippen LogP contribution >= 0.6 is 0 Å². The number of ketones is 1. The Labute approximate surface area is 129 Å². The van der Waals surface area contributed by atoms with E-state index in [1.165, 1.54) is 5.39 Å². The lowest BCUT2D eigenvalue weighted by atomic mass is 10.1. The molecule has 3 rings (SSSR count).